The highest BCUT2D eigenvalue weighted by atomic mass is 35.5. The molecule has 0 bridgehead atoms. The topological polar surface area (TPSA) is 61.8 Å². The van der Waals surface area contributed by atoms with Gasteiger partial charge in [-0.3, -0.25) is 14.6 Å². The van der Waals surface area contributed by atoms with Crippen LogP contribution in [0.15, 0.2) is 53.5 Å². The first-order valence-corrected chi connectivity index (χ1v) is 10.5. The van der Waals surface area contributed by atoms with Crippen LogP contribution in [0.2, 0.25) is 5.02 Å². The molecule has 0 atom stereocenters. The Morgan fingerprint density at radius 3 is 2.63 bits per heavy atom. The van der Waals surface area contributed by atoms with Crippen molar-refractivity contribution in [3.8, 4) is 0 Å². The molecule has 1 N–H and O–H groups in total. The summed E-state index contributed by atoms with van der Waals surface area (Å²) in [5, 5.41) is 2.86. The van der Waals surface area contributed by atoms with E-state index in [2.05, 4.69) is 12.2 Å². The van der Waals surface area contributed by atoms with E-state index >= 15 is 0 Å². The predicted octanol–water partition coefficient (Wildman–Crippen LogP) is 4.66. The van der Waals surface area contributed by atoms with Crippen molar-refractivity contribution >= 4 is 34.8 Å². The number of anilines is 1. The number of amides is 2. The Hall–Kier alpha value is -2.73. The van der Waals surface area contributed by atoms with Gasteiger partial charge in [0.05, 0.1) is 10.7 Å². The van der Waals surface area contributed by atoms with E-state index in [0.717, 1.165) is 24.5 Å². The number of aliphatic imine (C=N–C) groups is 1. The van der Waals surface area contributed by atoms with E-state index in [1.54, 1.807) is 4.90 Å². The number of carbonyl (C=O) groups is 2. The summed E-state index contributed by atoms with van der Waals surface area (Å²) >= 11 is 6.06. The smallest absolute Gasteiger partial charge is 0.275 e. The second-order valence-electron chi connectivity index (χ2n) is 8.06. The van der Waals surface area contributed by atoms with Crippen molar-refractivity contribution in [1.82, 2.24) is 4.90 Å². The number of carbonyl (C=O) groups excluding carboxylic acids is 2. The Morgan fingerprint density at radius 2 is 1.93 bits per heavy atom. The molecule has 0 radical (unpaired) electrons. The molecule has 1 aliphatic heterocycles. The number of nitrogens with one attached hydrogen (secondary N) is 1. The molecule has 1 saturated carbocycles. The van der Waals surface area contributed by atoms with Gasteiger partial charge in [0.1, 0.15) is 23.7 Å². The lowest BCUT2D eigenvalue weighted by atomic mass is 9.82. The summed E-state index contributed by atoms with van der Waals surface area (Å²) in [5.41, 5.74) is 0.611. The zero-order valence-electron chi connectivity index (χ0n) is 16.7. The fraction of sp³-hybridized carbons (Fsp3) is 0.348. The van der Waals surface area contributed by atoms with Crippen LogP contribution in [0, 0.1) is 11.7 Å². The molecule has 4 rings (SSSR count). The monoisotopic (exact) mass is 427 g/mol. The Bertz CT molecular complexity index is 1000. The minimum absolute atomic E-state index is 0.167. The molecule has 5 nitrogen and oxygen atoms in total. The minimum atomic E-state index is -0.710. The van der Waals surface area contributed by atoms with Gasteiger partial charge in [0.25, 0.3) is 5.91 Å². The van der Waals surface area contributed by atoms with E-state index in [0.29, 0.717) is 24.5 Å². The van der Waals surface area contributed by atoms with Gasteiger partial charge in [-0.2, -0.15) is 0 Å². The second kappa shape index (κ2) is 8.19. The lowest BCUT2D eigenvalue weighted by Crippen LogP contribution is -2.51. The van der Waals surface area contributed by atoms with Gasteiger partial charge in [-0.15, -0.1) is 0 Å². The molecule has 0 aromatic heterocycles. The lowest BCUT2D eigenvalue weighted by Gasteiger charge is -2.40. The van der Waals surface area contributed by atoms with Gasteiger partial charge in [0.2, 0.25) is 5.91 Å². The highest BCUT2D eigenvalue weighted by Crippen LogP contribution is 2.41. The van der Waals surface area contributed by atoms with E-state index < -0.39 is 17.4 Å². The predicted molar refractivity (Wildman–Crippen MR) is 115 cm³/mol. The first-order chi connectivity index (χ1) is 14.4. The summed E-state index contributed by atoms with van der Waals surface area (Å²) in [7, 11) is 0. The fourth-order valence-electron chi connectivity index (χ4n) is 4.17. The van der Waals surface area contributed by atoms with Crippen LogP contribution in [-0.2, 0) is 9.59 Å². The van der Waals surface area contributed by atoms with Gasteiger partial charge in [-0.05, 0) is 49.8 Å². The lowest BCUT2D eigenvalue weighted by molar-refractivity contribution is -0.134. The number of halogens is 2. The highest BCUT2D eigenvalue weighted by Gasteiger charge is 2.49. The van der Waals surface area contributed by atoms with Crippen molar-refractivity contribution in [2.24, 2.45) is 10.9 Å². The zero-order valence-corrected chi connectivity index (χ0v) is 17.5. The third-order valence-electron chi connectivity index (χ3n) is 5.90. The van der Waals surface area contributed by atoms with Crippen LogP contribution in [0.25, 0.3) is 0 Å². The van der Waals surface area contributed by atoms with Gasteiger partial charge in [-0.25, -0.2) is 4.39 Å². The largest absolute Gasteiger partial charge is 0.323 e. The molecule has 30 heavy (non-hydrogen) atoms. The van der Waals surface area contributed by atoms with Gasteiger partial charge in [-0.1, -0.05) is 48.9 Å². The van der Waals surface area contributed by atoms with Crippen LogP contribution in [-0.4, -0.2) is 34.6 Å². The van der Waals surface area contributed by atoms with E-state index in [9.17, 15) is 14.0 Å². The van der Waals surface area contributed by atoms with Gasteiger partial charge >= 0.3 is 0 Å². The van der Waals surface area contributed by atoms with Gasteiger partial charge in [0.15, 0.2) is 0 Å². The number of benzene rings is 2. The third-order valence-corrected chi connectivity index (χ3v) is 6.23. The molecule has 1 aliphatic carbocycles. The number of hydrogen-bond acceptors (Lipinski definition) is 3. The molecule has 7 heteroatoms. The van der Waals surface area contributed by atoms with E-state index in [4.69, 9.17) is 16.6 Å². The number of hydrogen-bond donors (Lipinski definition) is 1. The molecule has 156 valence electrons. The van der Waals surface area contributed by atoms with E-state index in [1.807, 2.05) is 30.3 Å². The van der Waals surface area contributed by atoms with Crippen molar-refractivity contribution in [1.29, 1.82) is 0 Å². The maximum Gasteiger partial charge on any atom is 0.275 e. The summed E-state index contributed by atoms with van der Waals surface area (Å²) < 4.78 is 13.5. The van der Waals surface area contributed by atoms with E-state index in [1.165, 1.54) is 12.1 Å². The summed E-state index contributed by atoms with van der Waals surface area (Å²) in [5.74, 6) is -0.627. The van der Waals surface area contributed by atoms with Crippen LogP contribution < -0.4 is 5.32 Å². The normalized spacial score (nSPS) is 23.6. The van der Waals surface area contributed by atoms with Crippen LogP contribution >= 0.6 is 11.6 Å². The summed E-state index contributed by atoms with van der Waals surface area (Å²) in [4.78, 5) is 32.5. The Balaban J connectivity index is 1.60. The summed E-state index contributed by atoms with van der Waals surface area (Å²) in [6, 6.07) is 13.1. The number of rotatable bonds is 4. The third kappa shape index (κ3) is 3.97. The maximum absolute atomic E-state index is 13.5. The molecule has 0 saturated heterocycles. The van der Waals surface area contributed by atoms with Crippen molar-refractivity contribution in [3.05, 3.63) is 64.9 Å². The highest BCUT2D eigenvalue weighted by molar-refractivity contribution is 6.47. The van der Waals surface area contributed by atoms with Crippen LogP contribution in [0.1, 0.15) is 38.2 Å². The first kappa shape index (κ1) is 20.5. The zero-order chi connectivity index (χ0) is 21.3. The Labute approximate surface area is 179 Å². The fourth-order valence-corrected chi connectivity index (χ4v) is 4.33. The van der Waals surface area contributed by atoms with Crippen LogP contribution in [0.4, 0.5) is 10.1 Å². The second-order valence-corrected chi connectivity index (χ2v) is 8.46. The minimum Gasteiger partial charge on any atom is -0.323 e. The number of nitrogens with zero attached hydrogens (tertiary/aromatic N) is 2. The SMILES string of the molecule is CC1CCC2(CC1)N=C(c1ccccc1)C(=O)N2CC(=O)Nc1cc(F)ccc1Cl. The molecule has 1 fully saturated rings. The Kier molecular flexibility index (Phi) is 5.60. The average Bonchev–Trinajstić information content (AvgIpc) is 3.00. The molecular weight excluding hydrogens is 405 g/mol. The molecule has 2 amide bonds. The molecule has 1 heterocycles. The average molecular weight is 428 g/mol. The van der Waals surface area contributed by atoms with Crippen LogP contribution in [0.5, 0.6) is 0 Å². The van der Waals surface area contributed by atoms with Gasteiger partial charge < -0.3 is 10.2 Å². The molecule has 2 aliphatic rings. The molecule has 0 unspecified atom stereocenters. The summed E-state index contributed by atoms with van der Waals surface area (Å²) in [6.07, 6.45) is 3.30. The first-order valence-electron chi connectivity index (χ1n) is 10.1. The van der Waals surface area contributed by atoms with Gasteiger partial charge in [0, 0.05) is 5.56 Å². The van der Waals surface area contributed by atoms with Crippen LogP contribution in [0.3, 0.4) is 0 Å². The summed E-state index contributed by atoms with van der Waals surface area (Å²) in [6.45, 7) is 2.02. The van der Waals surface area contributed by atoms with E-state index in [-0.39, 0.29) is 23.2 Å². The quantitative estimate of drug-likeness (QED) is 0.771. The van der Waals surface area contributed by atoms with Crippen molar-refractivity contribution < 1.29 is 14.0 Å². The van der Waals surface area contributed by atoms with Crippen molar-refractivity contribution in [3.63, 3.8) is 0 Å². The molecular formula is C23H23ClFN3O2. The maximum atomic E-state index is 13.5. The van der Waals surface area contributed by atoms with Crippen molar-refractivity contribution in [2.75, 3.05) is 11.9 Å². The molecule has 2 aromatic carbocycles. The van der Waals surface area contributed by atoms with Crippen molar-refractivity contribution in [2.45, 2.75) is 38.3 Å². The standard InChI is InChI=1S/C23H23ClFN3O2/c1-15-9-11-23(12-10-15)27-21(16-5-3-2-4-6-16)22(30)28(23)14-20(29)26-19-13-17(25)7-8-18(19)24/h2-8,13,15H,9-12,14H2,1H3,(H,26,29). The Morgan fingerprint density at radius 1 is 1.23 bits per heavy atom. The molecule has 1 spiro atoms. The molecule has 2 aromatic rings.